The number of nitrogens with zero attached hydrogens (tertiary/aromatic N) is 3. The van der Waals surface area contributed by atoms with E-state index in [0.29, 0.717) is 23.9 Å². The molecule has 2 N–H and O–H groups in total. The van der Waals surface area contributed by atoms with Gasteiger partial charge in [0.1, 0.15) is 0 Å². The van der Waals surface area contributed by atoms with E-state index >= 15 is 0 Å². The Kier molecular flexibility index (Phi) is 6.92. The zero-order chi connectivity index (χ0) is 14.1. The van der Waals surface area contributed by atoms with E-state index in [2.05, 4.69) is 39.4 Å². The summed E-state index contributed by atoms with van der Waals surface area (Å²) < 4.78 is 5.08. The lowest BCUT2D eigenvalue weighted by Gasteiger charge is -2.14. The van der Waals surface area contributed by atoms with Crippen molar-refractivity contribution < 1.29 is 4.74 Å². The summed E-state index contributed by atoms with van der Waals surface area (Å²) in [5.74, 6) is 1.10. The van der Waals surface area contributed by atoms with E-state index < -0.39 is 0 Å². The number of methoxy groups -OCH3 is 1. The molecule has 0 aromatic carbocycles. The van der Waals surface area contributed by atoms with Gasteiger partial charge >= 0.3 is 6.01 Å². The Morgan fingerprint density at radius 2 is 1.84 bits per heavy atom. The van der Waals surface area contributed by atoms with Gasteiger partial charge in [0.2, 0.25) is 11.9 Å². The molecule has 0 bridgehead atoms. The maximum Gasteiger partial charge on any atom is 0.322 e. The molecule has 0 aliphatic heterocycles. The van der Waals surface area contributed by atoms with Gasteiger partial charge in [-0.1, -0.05) is 26.2 Å². The molecule has 108 valence electrons. The summed E-state index contributed by atoms with van der Waals surface area (Å²) in [6, 6.07) is 0.669. The topological polar surface area (TPSA) is 72.0 Å². The molecular formula is C13H25N5O. The highest BCUT2D eigenvalue weighted by atomic mass is 16.5. The van der Waals surface area contributed by atoms with Gasteiger partial charge in [0.15, 0.2) is 0 Å². The van der Waals surface area contributed by atoms with Crippen LogP contribution in [0.2, 0.25) is 0 Å². The number of rotatable bonds is 9. The van der Waals surface area contributed by atoms with Crippen LogP contribution in [0.25, 0.3) is 0 Å². The zero-order valence-electron chi connectivity index (χ0n) is 12.4. The lowest BCUT2D eigenvalue weighted by molar-refractivity contribution is 0.379. The molecule has 1 rings (SSSR count). The molecule has 1 heterocycles. The molecule has 0 radical (unpaired) electrons. The summed E-state index contributed by atoms with van der Waals surface area (Å²) >= 11 is 0. The molecule has 0 amide bonds. The number of unbranched alkanes of at least 4 members (excludes halogenated alkanes) is 2. The fourth-order valence-corrected chi connectivity index (χ4v) is 1.74. The molecule has 0 spiro atoms. The minimum Gasteiger partial charge on any atom is -0.467 e. The van der Waals surface area contributed by atoms with Crippen LogP contribution in [-0.4, -0.2) is 34.6 Å². The van der Waals surface area contributed by atoms with E-state index in [4.69, 9.17) is 4.74 Å². The first-order chi connectivity index (χ1) is 9.19. The molecule has 1 aromatic rings. The Morgan fingerprint density at radius 3 is 2.47 bits per heavy atom. The second-order valence-corrected chi connectivity index (χ2v) is 4.54. The quantitative estimate of drug-likeness (QED) is 0.670. The molecule has 1 unspecified atom stereocenters. The normalized spacial score (nSPS) is 12.0. The van der Waals surface area contributed by atoms with Crippen molar-refractivity contribution >= 4 is 11.9 Å². The maximum atomic E-state index is 5.08. The maximum absolute atomic E-state index is 5.08. The van der Waals surface area contributed by atoms with Crippen molar-refractivity contribution in [3.05, 3.63) is 0 Å². The molecule has 6 heteroatoms. The van der Waals surface area contributed by atoms with Crippen LogP contribution in [-0.2, 0) is 0 Å². The van der Waals surface area contributed by atoms with Crippen LogP contribution in [0.1, 0.15) is 46.5 Å². The summed E-state index contributed by atoms with van der Waals surface area (Å²) in [6.07, 6.45) is 4.82. The highest BCUT2D eigenvalue weighted by Crippen LogP contribution is 2.13. The Morgan fingerprint density at radius 1 is 1.11 bits per heavy atom. The van der Waals surface area contributed by atoms with Crippen molar-refractivity contribution in [3.63, 3.8) is 0 Å². The third kappa shape index (κ3) is 5.72. The minimum atomic E-state index is 0.328. The van der Waals surface area contributed by atoms with E-state index in [1.807, 2.05) is 6.92 Å². The van der Waals surface area contributed by atoms with Crippen LogP contribution < -0.4 is 15.4 Å². The number of nitrogens with one attached hydrogen (secondary N) is 2. The standard InChI is InChI=1S/C13H25N5O/c1-5-7-8-9-10(3)15-12-16-11(14-6-2)17-13(18-12)19-4/h10H,5-9H2,1-4H3,(H2,14,15,16,17,18). The number of aromatic nitrogens is 3. The van der Waals surface area contributed by atoms with Gasteiger partial charge in [0, 0.05) is 12.6 Å². The predicted molar refractivity (Wildman–Crippen MR) is 77.8 cm³/mol. The highest BCUT2D eigenvalue weighted by molar-refractivity contribution is 5.36. The van der Waals surface area contributed by atoms with Gasteiger partial charge in [0.05, 0.1) is 7.11 Å². The first-order valence-electron chi connectivity index (χ1n) is 7.00. The van der Waals surface area contributed by atoms with Crippen molar-refractivity contribution in [1.29, 1.82) is 0 Å². The van der Waals surface area contributed by atoms with Crippen LogP contribution in [0, 0.1) is 0 Å². The summed E-state index contributed by atoms with van der Waals surface area (Å²) in [4.78, 5) is 12.7. The monoisotopic (exact) mass is 267 g/mol. The first kappa shape index (κ1) is 15.5. The largest absolute Gasteiger partial charge is 0.467 e. The predicted octanol–water partition coefficient (Wildman–Crippen LogP) is 2.69. The fraction of sp³-hybridized carbons (Fsp3) is 0.769. The zero-order valence-corrected chi connectivity index (χ0v) is 12.4. The van der Waals surface area contributed by atoms with Gasteiger partial charge in [-0.3, -0.25) is 0 Å². The second-order valence-electron chi connectivity index (χ2n) is 4.54. The van der Waals surface area contributed by atoms with Crippen LogP contribution in [0.3, 0.4) is 0 Å². The lowest BCUT2D eigenvalue weighted by Crippen LogP contribution is -2.18. The van der Waals surface area contributed by atoms with Gasteiger partial charge < -0.3 is 15.4 Å². The average molecular weight is 267 g/mol. The average Bonchev–Trinajstić information content (AvgIpc) is 2.39. The third-order valence-corrected chi connectivity index (χ3v) is 2.75. The van der Waals surface area contributed by atoms with Crippen LogP contribution in [0.5, 0.6) is 6.01 Å². The molecule has 19 heavy (non-hydrogen) atoms. The number of anilines is 2. The fourth-order valence-electron chi connectivity index (χ4n) is 1.74. The SMILES string of the molecule is CCCCCC(C)Nc1nc(NCC)nc(OC)n1. The smallest absolute Gasteiger partial charge is 0.322 e. The molecule has 0 fully saturated rings. The van der Waals surface area contributed by atoms with Gasteiger partial charge in [-0.25, -0.2) is 0 Å². The Balaban J connectivity index is 2.62. The van der Waals surface area contributed by atoms with Crippen LogP contribution in [0.4, 0.5) is 11.9 Å². The number of hydrogen-bond acceptors (Lipinski definition) is 6. The molecule has 0 aliphatic carbocycles. The third-order valence-electron chi connectivity index (χ3n) is 2.75. The van der Waals surface area contributed by atoms with E-state index in [0.717, 1.165) is 13.0 Å². The summed E-state index contributed by atoms with van der Waals surface area (Å²) in [5.41, 5.74) is 0. The van der Waals surface area contributed by atoms with Crippen LogP contribution in [0.15, 0.2) is 0 Å². The van der Waals surface area contributed by atoms with Crippen molar-refractivity contribution in [2.75, 3.05) is 24.3 Å². The van der Waals surface area contributed by atoms with E-state index in [1.165, 1.54) is 19.3 Å². The van der Waals surface area contributed by atoms with Gasteiger partial charge in [-0.05, 0) is 20.3 Å². The molecule has 6 nitrogen and oxygen atoms in total. The van der Waals surface area contributed by atoms with Crippen LogP contribution >= 0.6 is 0 Å². The van der Waals surface area contributed by atoms with Crippen molar-refractivity contribution in [2.24, 2.45) is 0 Å². The number of hydrogen-bond donors (Lipinski definition) is 2. The highest BCUT2D eigenvalue weighted by Gasteiger charge is 2.09. The van der Waals surface area contributed by atoms with Crippen molar-refractivity contribution in [1.82, 2.24) is 15.0 Å². The molecule has 1 atom stereocenters. The molecule has 1 aromatic heterocycles. The van der Waals surface area contributed by atoms with Gasteiger partial charge in [-0.2, -0.15) is 15.0 Å². The molecule has 0 aliphatic rings. The van der Waals surface area contributed by atoms with Crippen molar-refractivity contribution in [2.45, 2.75) is 52.5 Å². The summed E-state index contributed by atoms with van der Waals surface area (Å²) in [7, 11) is 1.56. The Hall–Kier alpha value is -1.59. The number of ether oxygens (including phenoxy) is 1. The molecule has 0 saturated carbocycles. The first-order valence-corrected chi connectivity index (χ1v) is 7.00. The Bertz CT molecular complexity index is 372. The molecular weight excluding hydrogens is 242 g/mol. The minimum absolute atomic E-state index is 0.328. The summed E-state index contributed by atoms with van der Waals surface area (Å²) in [6.45, 7) is 7.10. The van der Waals surface area contributed by atoms with Crippen molar-refractivity contribution in [3.8, 4) is 6.01 Å². The summed E-state index contributed by atoms with van der Waals surface area (Å²) in [5, 5.41) is 6.36. The Labute approximate surface area is 115 Å². The van der Waals surface area contributed by atoms with E-state index in [-0.39, 0.29) is 0 Å². The van der Waals surface area contributed by atoms with E-state index in [1.54, 1.807) is 7.11 Å². The van der Waals surface area contributed by atoms with E-state index in [9.17, 15) is 0 Å². The van der Waals surface area contributed by atoms with Gasteiger partial charge in [0.25, 0.3) is 0 Å². The second kappa shape index (κ2) is 8.50. The molecule has 0 saturated heterocycles. The van der Waals surface area contributed by atoms with Gasteiger partial charge in [-0.15, -0.1) is 0 Å². The lowest BCUT2D eigenvalue weighted by atomic mass is 10.1.